The van der Waals surface area contributed by atoms with E-state index in [1.807, 2.05) is 13.8 Å². The van der Waals surface area contributed by atoms with Crippen LogP contribution in [0.3, 0.4) is 0 Å². The van der Waals surface area contributed by atoms with Gasteiger partial charge in [-0.1, -0.05) is 6.92 Å². The average Bonchev–Trinajstić information content (AvgIpc) is 2.97. The summed E-state index contributed by atoms with van der Waals surface area (Å²) in [5.41, 5.74) is 0. The second-order valence-electron chi connectivity index (χ2n) is 5.31. The molecule has 0 bridgehead atoms. The molecule has 0 unspecified atom stereocenters. The lowest BCUT2D eigenvalue weighted by Crippen LogP contribution is -2.38. The summed E-state index contributed by atoms with van der Waals surface area (Å²) in [5.74, 6) is 0. The van der Waals surface area contributed by atoms with Gasteiger partial charge in [0.2, 0.25) is 10.0 Å². The van der Waals surface area contributed by atoms with Crippen molar-refractivity contribution in [1.29, 1.82) is 0 Å². The van der Waals surface area contributed by atoms with Crippen molar-refractivity contribution in [3.63, 3.8) is 0 Å². The molecule has 1 saturated heterocycles. The van der Waals surface area contributed by atoms with Crippen LogP contribution >= 0.6 is 0 Å². The molecule has 1 aromatic rings. The van der Waals surface area contributed by atoms with E-state index in [9.17, 15) is 8.42 Å². The topological polar surface area (TPSA) is 85.3 Å². The average molecular weight is 316 g/mol. The summed E-state index contributed by atoms with van der Waals surface area (Å²) >= 11 is 0. The maximum absolute atomic E-state index is 12.2. The van der Waals surface area contributed by atoms with Crippen molar-refractivity contribution < 1.29 is 13.2 Å². The third kappa shape index (κ3) is 4.50. The molecule has 120 valence electrons. The molecule has 0 aliphatic carbocycles. The normalized spacial score (nSPS) is 18.8. The van der Waals surface area contributed by atoms with Crippen LogP contribution < -0.4 is 10.0 Å². The number of sulfonamides is 1. The van der Waals surface area contributed by atoms with Crippen molar-refractivity contribution >= 4 is 10.0 Å². The molecule has 7 nitrogen and oxygen atoms in total. The van der Waals surface area contributed by atoms with E-state index in [0.717, 1.165) is 19.4 Å². The number of nitrogens with one attached hydrogen (secondary N) is 2. The quantitative estimate of drug-likeness (QED) is 0.765. The van der Waals surface area contributed by atoms with Crippen LogP contribution in [-0.2, 0) is 14.8 Å². The molecule has 2 N–H and O–H groups in total. The molecular weight excluding hydrogens is 292 g/mol. The van der Waals surface area contributed by atoms with Crippen LogP contribution in [0, 0.1) is 0 Å². The number of hydrogen-bond donors (Lipinski definition) is 2. The summed E-state index contributed by atoms with van der Waals surface area (Å²) in [5, 5.41) is 7.36. The van der Waals surface area contributed by atoms with Crippen LogP contribution in [0.4, 0.5) is 0 Å². The fourth-order valence-electron chi connectivity index (χ4n) is 2.35. The smallest absolute Gasteiger partial charge is 0.243 e. The van der Waals surface area contributed by atoms with Gasteiger partial charge in [-0.2, -0.15) is 5.10 Å². The van der Waals surface area contributed by atoms with E-state index >= 15 is 0 Å². The Morgan fingerprint density at radius 3 is 2.86 bits per heavy atom. The third-order valence-electron chi connectivity index (χ3n) is 3.59. The van der Waals surface area contributed by atoms with Gasteiger partial charge in [0.1, 0.15) is 4.90 Å². The van der Waals surface area contributed by atoms with Crippen molar-refractivity contribution in [3.8, 4) is 0 Å². The molecule has 2 rings (SSSR count). The molecule has 21 heavy (non-hydrogen) atoms. The first-order chi connectivity index (χ1) is 10.0. The highest BCUT2D eigenvalue weighted by molar-refractivity contribution is 7.89. The van der Waals surface area contributed by atoms with E-state index in [4.69, 9.17) is 4.74 Å². The molecule has 0 spiro atoms. The van der Waals surface area contributed by atoms with Gasteiger partial charge in [-0.05, 0) is 26.3 Å². The van der Waals surface area contributed by atoms with Crippen molar-refractivity contribution in [1.82, 2.24) is 19.8 Å². The minimum absolute atomic E-state index is 0.0929. The number of aromatic nitrogens is 2. The molecule has 1 aliphatic rings. The van der Waals surface area contributed by atoms with E-state index < -0.39 is 10.0 Å². The molecule has 1 fully saturated rings. The first kappa shape index (κ1) is 16.4. The second-order valence-corrected chi connectivity index (χ2v) is 7.08. The van der Waals surface area contributed by atoms with Crippen LogP contribution in [-0.4, -0.2) is 50.5 Å². The Bertz CT molecular complexity index is 537. The van der Waals surface area contributed by atoms with Crippen LogP contribution in [0.2, 0.25) is 0 Å². The molecule has 1 atom stereocenters. The molecular formula is C13H24N4O3S. The Hall–Kier alpha value is -0.960. The van der Waals surface area contributed by atoms with E-state index in [1.165, 1.54) is 6.20 Å². The lowest BCUT2D eigenvalue weighted by atomic mass is 10.1. The summed E-state index contributed by atoms with van der Waals surface area (Å²) in [6, 6.07) is 0.318. The lowest BCUT2D eigenvalue weighted by Gasteiger charge is -2.22. The molecule has 8 heteroatoms. The van der Waals surface area contributed by atoms with Gasteiger partial charge in [-0.25, -0.2) is 13.1 Å². The van der Waals surface area contributed by atoms with Crippen LogP contribution in [0.1, 0.15) is 32.7 Å². The Kier molecular flexibility index (Phi) is 5.74. The van der Waals surface area contributed by atoms with Gasteiger partial charge in [0.25, 0.3) is 0 Å². The molecule has 0 aromatic carbocycles. The number of likely N-dealkylation sites (N-methyl/N-ethyl adjacent to an activating group) is 1. The Morgan fingerprint density at radius 2 is 2.19 bits per heavy atom. The summed E-state index contributed by atoms with van der Waals surface area (Å²) in [7, 11) is -3.50. The first-order valence-corrected chi connectivity index (χ1v) is 8.86. The van der Waals surface area contributed by atoms with Gasteiger partial charge >= 0.3 is 0 Å². The SMILES string of the molecule is CCN[C@H](C)CNS(=O)(=O)c1cnn(C2CCOCC2)c1. The summed E-state index contributed by atoms with van der Waals surface area (Å²) < 4.78 is 34.1. The van der Waals surface area contributed by atoms with Crippen LogP contribution in [0.25, 0.3) is 0 Å². The van der Waals surface area contributed by atoms with Crippen molar-refractivity contribution in [2.75, 3.05) is 26.3 Å². The zero-order valence-electron chi connectivity index (χ0n) is 12.6. The third-order valence-corrected chi connectivity index (χ3v) is 4.96. The van der Waals surface area contributed by atoms with Gasteiger partial charge in [-0.3, -0.25) is 4.68 Å². The highest BCUT2D eigenvalue weighted by Crippen LogP contribution is 2.21. The zero-order valence-corrected chi connectivity index (χ0v) is 13.4. The van der Waals surface area contributed by atoms with Gasteiger partial charge in [0.15, 0.2) is 0 Å². The molecule has 1 aliphatic heterocycles. The van der Waals surface area contributed by atoms with E-state index in [2.05, 4.69) is 15.1 Å². The van der Waals surface area contributed by atoms with Crippen LogP contribution in [0.15, 0.2) is 17.3 Å². The minimum atomic E-state index is -3.50. The molecule has 0 amide bonds. The second kappa shape index (κ2) is 7.35. The van der Waals surface area contributed by atoms with Crippen molar-refractivity contribution in [2.24, 2.45) is 0 Å². The Balaban J connectivity index is 1.98. The predicted molar refractivity (Wildman–Crippen MR) is 79.6 cm³/mol. The van der Waals surface area contributed by atoms with Gasteiger partial charge in [-0.15, -0.1) is 0 Å². The highest BCUT2D eigenvalue weighted by Gasteiger charge is 2.21. The fraction of sp³-hybridized carbons (Fsp3) is 0.769. The fourth-order valence-corrected chi connectivity index (χ4v) is 3.42. The Labute approximate surface area is 126 Å². The van der Waals surface area contributed by atoms with Gasteiger partial charge in [0, 0.05) is 32.0 Å². The van der Waals surface area contributed by atoms with Crippen LogP contribution in [0.5, 0.6) is 0 Å². The van der Waals surface area contributed by atoms with E-state index in [-0.39, 0.29) is 17.0 Å². The van der Waals surface area contributed by atoms with Gasteiger partial charge in [0.05, 0.1) is 12.2 Å². The van der Waals surface area contributed by atoms with E-state index in [0.29, 0.717) is 19.8 Å². The van der Waals surface area contributed by atoms with E-state index in [1.54, 1.807) is 10.9 Å². The van der Waals surface area contributed by atoms with Crippen molar-refractivity contribution in [3.05, 3.63) is 12.4 Å². The molecule has 0 saturated carbocycles. The minimum Gasteiger partial charge on any atom is -0.381 e. The molecule has 2 heterocycles. The number of hydrogen-bond acceptors (Lipinski definition) is 5. The van der Waals surface area contributed by atoms with Crippen molar-refractivity contribution in [2.45, 2.75) is 43.7 Å². The van der Waals surface area contributed by atoms with Gasteiger partial charge < -0.3 is 10.1 Å². The zero-order chi connectivity index (χ0) is 15.3. The highest BCUT2D eigenvalue weighted by atomic mass is 32.2. The standard InChI is InChI=1S/C13H24N4O3S/c1-3-14-11(2)8-16-21(18,19)13-9-15-17(10-13)12-4-6-20-7-5-12/h9-12,14,16H,3-8H2,1-2H3/t11-/m1/s1. The Morgan fingerprint density at radius 1 is 1.48 bits per heavy atom. The first-order valence-electron chi connectivity index (χ1n) is 7.38. The number of nitrogens with zero attached hydrogens (tertiary/aromatic N) is 2. The largest absolute Gasteiger partial charge is 0.381 e. The monoisotopic (exact) mass is 316 g/mol. The number of rotatable bonds is 7. The molecule has 1 aromatic heterocycles. The predicted octanol–water partition coefficient (Wildman–Crippen LogP) is 0.511. The maximum atomic E-state index is 12.2. The molecule has 0 radical (unpaired) electrons. The summed E-state index contributed by atoms with van der Waals surface area (Å²) in [6.07, 6.45) is 4.75. The number of ether oxygens (including phenoxy) is 1. The summed E-state index contributed by atoms with van der Waals surface area (Å²) in [6.45, 7) is 6.50. The lowest BCUT2D eigenvalue weighted by molar-refractivity contribution is 0.0662. The maximum Gasteiger partial charge on any atom is 0.243 e. The summed E-state index contributed by atoms with van der Waals surface area (Å²) in [4.78, 5) is 0.220.